The Morgan fingerprint density at radius 3 is 2.62 bits per heavy atom. The minimum Gasteiger partial charge on any atom is -0.444 e. The lowest BCUT2D eigenvalue weighted by molar-refractivity contribution is 0.0156. The summed E-state index contributed by atoms with van der Waals surface area (Å²) in [5.74, 6) is 0.404. The minimum atomic E-state index is -0.418. The van der Waals surface area contributed by atoms with E-state index in [2.05, 4.69) is 0 Å². The van der Waals surface area contributed by atoms with Gasteiger partial charge >= 0.3 is 6.09 Å². The summed E-state index contributed by atoms with van der Waals surface area (Å²) < 4.78 is 5.35. The summed E-state index contributed by atoms with van der Waals surface area (Å²) in [6.07, 6.45) is 1.92. The molecular formula is C12H24N2O2. The summed E-state index contributed by atoms with van der Waals surface area (Å²) in [5, 5.41) is 0. The summed E-state index contributed by atoms with van der Waals surface area (Å²) >= 11 is 0. The monoisotopic (exact) mass is 228 g/mol. The molecular weight excluding hydrogens is 204 g/mol. The van der Waals surface area contributed by atoms with Crippen LogP contribution >= 0.6 is 0 Å². The predicted molar refractivity (Wildman–Crippen MR) is 64.2 cm³/mol. The first-order valence-electron chi connectivity index (χ1n) is 6.03. The Balaban J connectivity index is 2.50. The largest absolute Gasteiger partial charge is 0.444 e. The fourth-order valence-corrected chi connectivity index (χ4v) is 1.93. The lowest BCUT2D eigenvalue weighted by Crippen LogP contribution is -2.46. The van der Waals surface area contributed by atoms with Gasteiger partial charge < -0.3 is 15.4 Å². The van der Waals surface area contributed by atoms with Crippen LogP contribution in [0.25, 0.3) is 0 Å². The van der Waals surface area contributed by atoms with Crippen molar-refractivity contribution in [3.63, 3.8) is 0 Å². The third-order valence-electron chi connectivity index (χ3n) is 2.85. The molecule has 0 aromatic carbocycles. The average molecular weight is 228 g/mol. The molecule has 0 aromatic rings. The second-order valence-electron chi connectivity index (χ2n) is 5.69. The maximum atomic E-state index is 11.8. The van der Waals surface area contributed by atoms with Gasteiger partial charge in [0.25, 0.3) is 0 Å². The highest BCUT2D eigenvalue weighted by Gasteiger charge is 2.28. The van der Waals surface area contributed by atoms with Gasteiger partial charge in [-0.2, -0.15) is 0 Å². The molecule has 0 radical (unpaired) electrons. The van der Waals surface area contributed by atoms with E-state index in [0.29, 0.717) is 5.92 Å². The maximum absolute atomic E-state index is 11.8. The molecule has 94 valence electrons. The van der Waals surface area contributed by atoms with E-state index in [4.69, 9.17) is 10.5 Å². The van der Waals surface area contributed by atoms with Crippen LogP contribution in [0.4, 0.5) is 4.79 Å². The molecule has 1 unspecified atom stereocenters. The van der Waals surface area contributed by atoms with E-state index >= 15 is 0 Å². The third kappa shape index (κ3) is 4.00. The molecule has 4 heteroatoms. The zero-order valence-corrected chi connectivity index (χ0v) is 10.8. The van der Waals surface area contributed by atoms with Crippen molar-refractivity contribution in [3.05, 3.63) is 0 Å². The number of nitrogens with zero attached hydrogens (tertiary/aromatic N) is 1. The second-order valence-corrected chi connectivity index (χ2v) is 5.69. The van der Waals surface area contributed by atoms with Crippen LogP contribution < -0.4 is 5.73 Å². The zero-order chi connectivity index (χ0) is 12.3. The Hall–Kier alpha value is -0.770. The number of carbonyl (C=O) groups is 1. The SMILES string of the molecule is C[C@H](N)C1CCCN(C(=O)OC(C)(C)C)C1. The van der Waals surface area contributed by atoms with Crippen LogP contribution in [0.1, 0.15) is 40.5 Å². The standard InChI is InChI=1S/C12H24N2O2/c1-9(13)10-6-5-7-14(8-10)11(15)16-12(2,3)4/h9-10H,5-8,13H2,1-4H3/t9-,10?/m0/s1. The number of piperidine rings is 1. The van der Waals surface area contributed by atoms with E-state index in [1.54, 1.807) is 4.90 Å². The predicted octanol–water partition coefficient (Wildman–Crippen LogP) is 1.98. The molecule has 2 N–H and O–H groups in total. The molecule has 0 aliphatic carbocycles. The molecule has 4 nitrogen and oxygen atoms in total. The normalized spacial score (nSPS) is 24.1. The first-order chi connectivity index (χ1) is 7.29. The number of rotatable bonds is 1. The molecule has 1 aliphatic heterocycles. The first kappa shape index (κ1) is 13.3. The number of carbonyl (C=O) groups excluding carboxylic acids is 1. The molecule has 2 atom stereocenters. The molecule has 1 aliphatic rings. The smallest absolute Gasteiger partial charge is 0.410 e. The van der Waals surface area contributed by atoms with Gasteiger partial charge in [-0.3, -0.25) is 0 Å². The second kappa shape index (κ2) is 5.04. The van der Waals surface area contributed by atoms with E-state index in [0.717, 1.165) is 25.9 Å². The van der Waals surface area contributed by atoms with Crippen LogP contribution in [-0.2, 0) is 4.74 Å². The molecule has 0 saturated carbocycles. The Kier molecular flexibility index (Phi) is 4.19. The molecule has 0 bridgehead atoms. The van der Waals surface area contributed by atoms with Gasteiger partial charge in [-0.1, -0.05) is 0 Å². The van der Waals surface area contributed by atoms with Crippen molar-refractivity contribution in [2.45, 2.75) is 52.2 Å². The highest BCUT2D eigenvalue weighted by molar-refractivity contribution is 5.68. The van der Waals surface area contributed by atoms with E-state index in [1.807, 2.05) is 27.7 Å². The van der Waals surface area contributed by atoms with Crippen molar-refractivity contribution in [1.82, 2.24) is 4.90 Å². The van der Waals surface area contributed by atoms with Gasteiger partial charge in [0.1, 0.15) is 5.60 Å². The fourth-order valence-electron chi connectivity index (χ4n) is 1.93. The topological polar surface area (TPSA) is 55.6 Å². The molecule has 1 saturated heterocycles. The summed E-state index contributed by atoms with van der Waals surface area (Å²) in [5.41, 5.74) is 5.46. The van der Waals surface area contributed by atoms with E-state index in [1.165, 1.54) is 0 Å². The summed E-state index contributed by atoms with van der Waals surface area (Å²) in [4.78, 5) is 13.6. The highest BCUT2D eigenvalue weighted by Crippen LogP contribution is 2.20. The number of nitrogens with two attached hydrogens (primary N) is 1. The highest BCUT2D eigenvalue weighted by atomic mass is 16.6. The average Bonchev–Trinajstić information content (AvgIpc) is 2.15. The van der Waals surface area contributed by atoms with Gasteiger partial charge in [-0.05, 0) is 46.5 Å². The lowest BCUT2D eigenvalue weighted by Gasteiger charge is -2.35. The molecule has 0 aromatic heterocycles. The van der Waals surface area contributed by atoms with E-state index < -0.39 is 5.60 Å². The minimum absolute atomic E-state index is 0.144. The Morgan fingerprint density at radius 1 is 1.50 bits per heavy atom. The molecule has 1 amide bonds. The zero-order valence-electron chi connectivity index (χ0n) is 10.8. The number of amides is 1. The maximum Gasteiger partial charge on any atom is 0.410 e. The van der Waals surface area contributed by atoms with Gasteiger partial charge in [0.05, 0.1) is 0 Å². The first-order valence-corrected chi connectivity index (χ1v) is 6.03. The van der Waals surface area contributed by atoms with Gasteiger partial charge in [0.15, 0.2) is 0 Å². The number of likely N-dealkylation sites (tertiary alicyclic amines) is 1. The van der Waals surface area contributed by atoms with Crippen molar-refractivity contribution in [2.75, 3.05) is 13.1 Å². The molecule has 1 heterocycles. The number of hydrogen-bond acceptors (Lipinski definition) is 3. The van der Waals surface area contributed by atoms with Crippen LogP contribution in [-0.4, -0.2) is 35.7 Å². The van der Waals surface area contributed by atoms with Crippen molar-refractivity contribution in [1.29, 1.82) is 0 Å². The van der Waals surface area contributed by atoms with Gasteiger partial charge in [0.2, 0.25) is 0 Å². The van der Waals surface area contributed by atoms with Crippen molar-refractivity contribution in [2.24, 2.45) is 11.7 Å². The van der Waals surface area contributed by atoms with Crippen LogP contribution in [0.15, 0.2) is 0 Å². The summed E-state index contributed by atoms with van der Waals surface area (Å²) in [6, 6.07) is 0.144. The van der Waals surface area contributed by atoms with E-state index in [9.17, 15) is 4.79 Å². The molecule has 16 heavy (non-hydrogen) atoms. The van der Waals surface area contributed by atoms with Crippen molar-refractivity contribution in [3.8, 4) is 0 Å². The van der Waals surface area contributed by atoms with Crippen LogP contribution in [0, 0.1) is 5.92 Å². The fraction of sp³-hybridized carbons (Fsp3) is 0.917. The molecule has 1 fully saturated rings. The summed E-state index contributed by atoms with van der Waals surface area (Å²) in [7, 11) is 0. The lowest BCUT2D eigenvalue weighted by atomic mass is 9.92. The van der Waals surface area contributed by atoms with Crippen molar-refractivity contribution < 1.29 is 9.53 Å². The van der Waals surface area contributed by atoms with Crippen LogP contribution in [0.3, 0.4) is 0 Å². The number of ether oxygens (including phenoxy) is 1. The van der Waals surface area contributed by atoms with Crippen molar-refractivity contribution >= 4 is 6.09 Å². The molecule has 0 spiro atoms. The third-order valence-corrected chi connectivity index (χ3v) is 2.85. The van der Waals surface area contributed by atoms with Crippen LogP contribution in [0.5, 0.6) is 0 Å². The number of hydrogen-bond donors (Lipinski definition) is 1. The van der Waals surface area contributed by atoms with E-state index in [-0.39, 0.29) is 12.1 Å². The Labute approximate surface area is 98.1 Å². The molecule has 1 rings (SSSR count). The quantitative estimate of drug-likeness (QED) is 0.746. The van der Waals surface area contributed by atoms with Crippen LogP contribution in [0.2, 0.25) is 0 Å². The summed E-state index contributed by atoms with van der Waals surface area (Å²) in [6.45, 7) is 9.18. The van der Waals surface area contributed by atoms with Gasteiger partial charge in [-0.15, -0.1) is 0 Å². The Morgan fingerprint density at radius 2 is 2.12 bits per heavy atom. The van der Waals surface area contributed by atoms with Gasteiger partial charge in [0, 0.05) is 19.1 Å². The van der Waals surface area contributed by atoms with Gasteiger partial charge in [-0.25, -0.2) is 4.79 Å². The Bertz CT molecular complexity index is 246.